The van der Waals surface area contributed by atoms with Crippen LogP contribution in [0, 0.1) is 20.2 Å². The van der Waals surface area contributed by atoms with Gasteiger partial charge in [0.1, 0.15) is 29.6 Å². The summed E-state index contributed by atoms with van der Waals surface area (Å²) in [6.45, 7) is 0.263. The van der Waals surface area contributed by atoms with Crippen LogP contribution in [-0.4, -0.2) is 53.9 Å². The molecule has 0 saturated heterocycles. The maximum atomic E-state index is 12.9. The van der Waals surface area contributed by atoms with Gasteiger partial charge in [0.25, 0.3) is 10.2 Å². The molecule has 0 saturated carbocycles. The molecule has 0 radical (unpaired) electrons. The first kappa shape index (κ1) is 29.0. The molecule has 0 amide bonds. The number of hydrogen-bond acceptors (Lipinski definition) is 14. The van der Waals surface area contributed by atoms with E-state index >= 15 is 0 Å². The molecule has 202 valence electrons. The average molecular weight is 536 g/mol. The van der Waals surface area contributed by atoms with Crippen molar-refractivity contribution in [2.24, 2.45) is 0 Å². The number of hydrogen-bond donors (Lipinski definition) is 0. The normalized spacial score (nSPS) is 10.9. The molecular formula is C22H20N2O14. The van der Waals surface area contributed by atoms with Crippen LogP contribution in [0.4, 0.5) is 0 Å². The second kappa shape index (κ2) is 13.7. The third kappa shape index (κ3) is 8.74. The van der Waals surface area contributed by atoms with Gasteiger partial charge in [0.15, 0.2) is 11.5 Å². The van der Waals surface area contributed by atoms with E-state index < -0.39 is 53.2 Å². The monoisotopic (exact) mass is 536 g/mol. The van der Waals surface area contributed by atoms with Crippen molar-refractivity contribution in [2.45, 2.75) is 25.9 Å². The minimum absolute atomic E-state index is 0.194. The highest BCUT2D eigenvalue weighted by Gasteiger charge is 2.24. The lowest BCUT2D eigenvalue weighted by Gasteiger charge is -2.15. The van der Waals surface area contributed by atoms with E-state index in [-0.39, 0.29) is 34.8 Å². The largest absolute Gasteiger partial charge is 0.465 e. The summed E-state index contributed by atoms with van der Waals surface area (Å²) in [5.74, 6) is -4.63. The molecule has 2 aromatic rings. The quantitative estimate of drug-likeness (QED) is 0.155. The SMILES string of the molecule is COC(=O)c1cccc(OC(=O)c2ccccc2OC(=O)CCC(CO[N+](=O)[O-])O[N+](=O)[O-])c1OC(C)=O. The molecule has 16 nitrogen and oxygen atoms in total. The van der Waals surface area contributed by atoms with Crippen LogP contribution < -0.4 is 14.2 Å². The van der Waals surface area contributed by atoms with E-state index in [2.05, 4.69) is 14.4 Å². The van der Waals surface area contributed by atoms with E-state index in [9.17, 15) is 39.4 Å². The van der Waals surface area contributed by atoms with Crippen molar-refractivity contribution in [1.82, 2.24) is 0 Å². The molecule has 0 aromatic heterocycles. The zero-order chi connectivity index (χ0) is 28.2. The minimum atomic E-state index is -1.44. The van der Waals surface area contributed by atoms with Gasteiger partial charge in [-0.3, -0.25) is 9.59 Å². The summed E-state index contributed by atoms with van der Waals surface area (Å²) < 4.78 is 20.1. The first-order valence-electron chi connectivity index (χ1n) is 10.5. The maximum Gasteiger partial charge on any atom is 0.347 e. The van der Waals surface area contributed by atoms with Crippen molar-refractivity contribution in [3.63, 3.8) is 0 Å². The Balaban J connectivity index is 2.19. The molecule has 38 heavy (non-hydrogen) atoms. The Morgan fingerprint density at radius 3 is 2.13 bits per heavy atom. The zero-order valence-corrected chi connectivity index (χ0v) is 19.9. The van der Waals surface area contributed by atoms with Gasteiger partial charge in [0.05, 0.1) is 7.11 Å². The molecule has 0 aliphatic rings. The average Bonchev–Trinajstić information content (AvgIpc) is 2.85. The molecule has 0 aliphatic heterocycles. The van der Waals surface area contributed by atoms with Crippen LogP contribution in [0.5, 0.6) is 17.2 Å². The second-order valence-corrected chi connectivity index (χ2v) is 7.09. The molecule has 0 fully saturated rings. The van der Waals surface area contributed by atoms with Crippen LogP contribution in [0.1, 0.15) is 40.5 Å². The highest BCUT2D eigenvalue weighted by atomic mass is 17.0. The molecule has 0 bridgehead atoms. The van der Waals surface area contributed by atoms with Crippen molar-refractivity contribution in [1.29, 1.82) is 0 Å². The number of carbonyl (C=O) groups excluding carboxylic acids is 4. The second-order valence-electron chi connectivity index (χ2n) is 7.09. The van der Waals surface area contributed by atoms with E-state index in [0.29, 0.717) is 0 Å². The van der Waals surface area contributed by atoms with Crippen molar-refractivity contribution >= 4 is 23.9 Å². The van der Waals surface area contributed by atoms with Crippen LogP contribution in [0.3, 0.4) is 0 Å². The summed E-state index contributed by atoms with van der Waals surface area (Å²) in [5, 5.41) is 18.5. The van der Waals surface area contributed by atoms with Crippen molar-refractivity contribution in [2.75, 3.05) is 13.7 Å². The Hall–Kier alpha value is -5.28. The number of ether oxygens (including phenoxy) is 4. The van der Waals surface area contributed by atoms with Crippen LogP contribution >= 0.6 is 0 Å². The Bertz CT molecular complexity index is 1230. The number of esters is 4. The Labute approximate surface area is 213 Å². The van der Waals surface area contributed by atoms with E-state index in [0.717, 1.165) is 14.0 Å². The number of benzene rings is 2. The predicted octanol–water partition coefficient (Wildman–Crippen LogP) is 2.09. The van der Waals surface area contributed by atoms with Gasteiger partial charge < -0.3 is 28.6 Å². The predicted molar refractivity (Wildman–Crippen MR) is 120 cm³/mol. The summed E-state index contributed by atoms with van der Waals surface area (Å²) in [4.78, 5) is 78.0. The van der Waals surface area contributed by atoms with Gasteiger partial charge in [-0.15, -0.1) is 20.2 Å². The van der Waals surface area contributed by atoms with Crippen LogP contribution in [0.25, 0.3) is 0 Å². The fourth-order valence-electron chi connectivity index (χ4n) is 2.88. The van der Waals surface area contributed by atoms with Crippen LogP contribution in [-0.2, 0) is 24.0 Å². The maximum absolute atomic E-state index is 12.9. The lowest BCUT2D eigenvalue weighted by atomic mass is 10.1. The zero-order valence-electron chi connectivity index (χ0n) is 19.9. The van der Waals surface area contributed by atoms with Gasteiger partial charge in [-0.25, -0.2) is 9.59 Å². The Morgan fingerprint density at radius 2 is 1.50 bits per heavy atom. The molecular weight excluding hydrogens is 516 g/mol. The van der Waals surface area contributed by atoms with Gasteiger partial charge in [-0.2, -0.15) is 0 Å². The molecule has 1 atom stereocenters. The molecule has 0 N–H and O–H groups in total. The molecule has 16 heteroatoms. The highest BCUT2D eigenvalue weighted by Crippen LogP contribution is 2.33. The molecule has 2 aromatic carbocycles. The van der Waals surface area contributed by atoms with Crippen molar-refractivity contribution in [3.8, 4) is 17.2 Å². The number of methoxy groups -OCH3 is 1. The van der Waals surface area contributed by atoms with Gasteiger partial charge >= 0.3 is 23.9 Å². The summed E-state index contributed by atoms with van der Waals surface area (Å²) in [7, 11) is 1.10. The first-order valence-corrected chi connectivity index (χ1v) is 10.5. The summed E-state index contributed by atoms with van der Waals surface area (Å²) in [5.41, 5.74) is -0.437. The number of carbonyl (C=O) groups is 4. The Kier molecular flexibility index (Phi) is 10.4. The van der Waals surface area contributed by atoms with Gasteiger partial charge in [-0.05, 0) is 30.7 Å². The van der Waals surface area contributed by atoms with Gasteiger partial charge in [-0.1, -0.05) is 18.2 Å². The highest BCUT2D eigenvalue weighted by molar-refractivity contribution is 5.97. The van der Waals surface area contributed by atoms with Crippen LogP contribution in [0.2, 0.25) is 0 Å². The standard InChI is InChI=1S/C22H20N2O14/c1-13(25)35-20-16(21(27)33-2)7-5-9-18(20)37-22(28)15-6-3-4-8-17(15)36-19(26)11-10-14(38-24(31)32)12-34-23(29)30/h3-9,14H,10-12H2,1-2H3. The Morgan fingerprint density at radius 1 is 0.842 bits per heavy atom. The van der Waals surface area contributed by atoms with Gasteiger partial charge in [0, 0.05) is 13.3 Å². The lowest BCUT2D eigenvalue weighted by molar-refractivity contribution is -0.790. The smallest absolute Gasteiger partial charge is 0.347 e. The van der Waals surface area contributed by atoms with Crippen molar-refractivity contribution < 1.29 is 58.0 Å². The van der Waals surface area contributed by atoms with Gasteiger partial charge in [0.2, 0.25) is 0 Å². The third-order valence-corrected chi connectivity index (χ3v) is 4.43. The molecule has 0 aliphatic carbocycles. The molecule has 2 rings (SSSR count). The molecule has 0 spiro atoms. The molecule has 0 heterocycles. The van der Waals surface area contributed by atoms with Crippen LogP contribution in [0.15, 0.2) is 42.5 Å². The van der Waals surface area contributed by atoms with E-state index in [1.165, 1.54) is 42.5 Å². The summed E-state index contributed by atoms with van der Waals surface area (Å²) >= 11 is 0. The summed E-state index contributed by atoms with van der Waals surface area (Å²) in [6, 6.07) is 9.26. The fraction of sp³-hybridized carbons (Fsp3) is 0.273. The topological polar surface area (TPSA) is 210 Å². The minimum Gasteiger partial charge on any atom is -0.465 e. The van der Waals surface area contributed by atoms with E-state index in [1.54, 1.807) is 0 Å². The number of rotatable bonds is 13. The lowest BCUT2D eigenvalue weighted by Crippen LogP contribution is -2.26. The number of nitrogens with zero attached hydrogens (tertiary/aromatic N) is 2. The van der Waals surface area contributed by atoms with E-state index in [4.69, 9.17) is 14.2 Å². The van der Waals surface area contributed by atoms with Crippen molar-refractivity contribution in [3.05, 3.63) is 73.8 Å². The first-order chi connectivity index (χ1) is 18.0. The number of para-hydroxylation sites is 2. The van der Waals surface area contributed by atoms with E-state index in [1.807, 2.05) is 0 Å². The third-order valence-electron chi connectivity index (χ3n) is 4.43. The summed E-state index contributed by atoms with van der Waals surface area (Å²) in [6.07, 6.45) is -2.32. The molecule has 1 unspecified atom stereocenters. The fourth-order valence-corrected chi connectivity index (χ4v) is 2.88.